The number of hydrogen-bond acceptors (Lipinski definition) is 3. The number of benzene rings is 1. The molecule has 1 aromatic carbocycles. The van der Waals surface area contributed by atoms with Gasteiger partial charge in [-0.2, -0.15) is 0 Å². The number of hydrogen-bond donors (Lipinski definition) is 0. The summed E-state index contributed by atoms with van der Waals surface area (Å²) in [7, 11) is -3.18. The molecule has 104 valence electrons. The average Bonchev–Trinajstić information content (AvgIpc) is 2.27. The molecule has 0 saturated heterocycles. The van der Waals surface area contributed by atoms with E-state index >= 15 is 0 Å². The van der Waals surface area contributed by atoms with Gasteiger partial charge in [0.1, 0.15) is 0 Å². The van der Waals surface area contributed by atoms with Crippen LogP contribution < -0.4 is 0 Å². The third-order valence-electron chi connectivity index (χ3n) is 3.08. The first-order chi connectivity index (χ1) is 8.64. The Kier molecular flexibility index (Phi) is 4.69. The number of allylic oxidation sites excluding steroid dienone is 2. The molecule has 0 fully saturated rings. The van der Waals surface area contributed by atoms with Crippen molar-refractivity contribution in [2.24, 2.45) is 5.92 Å². The van der Waals surface area contributed by atoms with Gasteiger partial charge in [-0.3, -0.25) is 4.79 Å². The van der Waals surface area contributed by atoms with Crippen molar-refractivity contribution in [1.29, 1.82) is 0 Å². The maximum Gasteiger partial charge on any atom is 0.175 e. The molecule has 3 nitrogen and oxygen atoms in total. The zero-order valence-electron chi connectivity index (χ0n) is 12.0. The number of ketones is 1. The van der Waals surface area contributed by atoms with E-state index in [9.17, 15) is 13.2 Å². The van der Waals surface area contributed by atoms with E-state index in [1.807, 2.05) is 20.8 Å². The van der Waals surface area contributed by atoms with E-state index in [1.54, 1.807) is 31.2 Å². The van der Waals surface area contributed by atoms with Crippen LogP contribution in [0.4, 0.5) is 0 Å². The minimum absolute atomic E-state index is 0.0553. The summed E-state index contributed by atoms with van der Waals surface area (Å²) in [5.41, 5.74) is 2.57. The van der Waals surface area contributed by atoms with Crippen molar-refractivity contribution in [3.63, 3.8) is 0 Å². The summed E-state index contributed by atoms with van der Waals surface area (Å²) in [6.45, 7) is 7.41. The van der Waals surface area contributed by atoms with Crippen LogP contribution in [0, 0.1) is 5.92 Å². The van der Waals surface area contributed by atoms with E-state index in [0.29, 0.717) is 0 Å². The molecule has 0 atom stereocenters. The molecular formula is C15H20O3S. The van der Waals surface area contributed by atoms with Crippen molar-refractivity contribution in [2.75, 3.05) is 6.26 Å². The Labute approximate surface area is 115 Å². The molecule has 0 saturated carbocycles. The highest BCUT2D eigenvalue weighted by Crippen LogP contribution is 2.25. The third kappa shape index (κ3) is 3.77. The van der Waals surface area contributed by atoms with Gasteiger partial charge in [-0.1, -0.05) is 26.0 Å². The van der Waals surface area contributed by atoms with Crippen LogP contribution in [-0.2, 0) is 14.6 Å². The first-order valence-electron chi connectivity index (χ1n) is 6.16. The molecule has 0 aromatic heterocycles. The molecule has 19 heavy (non-hydrogen) atoms. The molecule has 0 N–H and O–H groups in total. The second kappa shape index (κ2) is 5.70. The lowest BCUT2D eigenvalue weighted by atomic mass is 9.91. The van der Waals surface area contributed by atoms with Gasteiger partial charge in [0.05, 0.1) is 4.90 Å². The van der Waals surface area contributed by atoms with E-state index in [0.717, 1.165) is 16.7 Å². The largest absolute Gasteiger partial charge is 0.295 e. The van der Waals surface area contributed by atoms with E-state index in [1.165, 1.54) is 6.26 Å². The molecule has 0 spiro atoms. The Morgan fingerprint density at radius 1 is 1.05 bits per heavy atom. The van der Waals surface area contributed by atoms with Crippen molar-refractivity contribution >= 4 is 21.2 Å². The topological polar surface area (TPSA) is 51.2 Å². The molecule has 0 radical (unpaired) electrons. The maximum absolute atomic E-state index is 11.7. The first-order valence-corrected chi connectivity index (χ1v) is 8.06. The number of carbonyl (C=O) groups excluding carboxylic acids is 1. The maximum atomic E-state index is 11.7. The van der Waals surface area contributed by atoms with Crippen molar-refractivity contribution in [3.05, 3.63) is 35.4 Å². The van der Waals surface area contributed by atoms with Crippen LogP contribution in [0.25, 0.3) is 5.57 Å². The summed E-state index contributed by atoms with van der Waals surface area (Å²) in [6.07, 6.45) is 1.18. The molecular weight excluding hydrogens is 260 g/mol. The Hall–Kier alpha value is -1.42. The zero-order chi connectivity index (χ0) is 14.8. The van der Waals surface area contributed by atoms with Crippen molar-refractivity contribution in [3.8, 4) is 0 Å². The van der Waals surface area contributed by atoms with Gasteiger partial charge in [-0.25, -0.2) is 8.42 Å². The van der Waals surface area contributed by atoms with E-state index < -0.39 is 9.84 Å². The standard InChI is InChI=1S/C15H20O3S/c1-10(2)15(12(4)16)11(3)13-6-8-14(9-7-13)19(5,17)18/h6-10H,1-5H3. The quantitative estimate of drug-likeness (QED) is 0.796. The summed E-state index contributed by atoms with van der Waals surface area (Å²) in [6, 6.07) is 6.65. The van der Waals surface area contributed by atoms with Gasteiger partial charge in [0.25, 0.3) is 0 Å². The predicted octanol–water partition coefficient (Wildman–Crippen LogP) is 3.11. The second-order valence-corrected chi connectivity index (χ2v) is 7.06. The van der Waals surface area contributed by atoms with Crippen LogP contribution in [0.1, 0.15) is 33.3 Å². The van der Waals surface area contributed by atoms with Gasteiger partial charge in [-0.15, -0.1) is 0 Å². The molecule has 0 aliphatic rings. The summed E-state index contributed by atoms with van der Waals surface area (Å²) >= 11 is 0. The van der Waals surface area contributed by atoms with Gasteiger partial charge in [0.2, 0.25) is 0 Å². The van der Waals surface area contributed by atoms with Gasteiger partial charge in [0.15, 0.2) is 15.6 Å². The van der Waals surface area contributed by atoms with E-state index in [4.69, 9.17) is 0 Å². The first kappa shape index (κ1) is 15.6. The monoisotopic (exact) mass is 280 g/mol. The van der Waals surface area contributed by atoms with Crippen LogP contribution >= 0.6 is 0 Å². The molecule has 0 aliphatic carbocycles. The van der Waals surface area contributed by atoms with E-state index in [2.05, 4.69) is 0 Å². The fourth-order valence-corrected chi connectivity index (χ4v) is 2.84. The normalized spacial score (nSPS) is 13.4. The number of rotatable bonds is 4. The van der Waals surface area contributed by atoms with Crippen LogP contribution in [0.15, 0.2) is 34.7 Å². The van der Waals surface area contributed by atoms with Gasteiger partial charge >= 0.3 is 0 Å². The lowest BCUT2D eigenvalue weighted by Gasteiger charge is -2.13. The molecule has 0 amide bonds. The van der Waals surface area contributed by atoms with Crippen LogP contribution in [-0.4, -0.2) is 20.5 Å². The lowest BCUT2D eigenvalue weighted by molar-refractivity contribution is -0.113. The highest BCUT2D eigenvalue weighted by molar-refractivity contribution is 7.90. The molecule has 1 rings (SSSR count). The van der Waals surface area contributed by atoms with Gasteiger partial charge in [0, 0.05) is 11.8 Å². The summed E-state index contributed by atoms with van der Waals surface area (Å²) in [4.78, 5) is 12.0. The molecule has 0 aliphatic heterocycles. The smallest absolute Gasteiger partial charge is 0.175 e. The Morgan fingerprint density at radius 2 is 1.53 bits per heavy atom. The second-order valence-electron chi connectivity index (χ2n) is 5.05. The summed E-state index contributed by atoms with van der Waals surface area (Å²) in [5, 5.41) is 0. The van der Waals surface area contributed by atoms with Crippen molar-refractivity contribution in [2.45, 2.75) is 32.6 Å². The van der Waals surface area contributed by atoms with Crippen LogP contribution in [0.2, 0.25) is 0 Å². The highest BCUT2D eigenvalue weighted by atomic mass is 32.2. The minimum Gasteiger partial charge on any atom is -0.295 e. The highest BCUT2D eigenvalue weighted by Gasteiger charge is 2.14. The predicted molar refractivity (Wildman–Crippen MR) is 77.7 cm³/mol. The number of carbonyl (C=O) groups is 1. The van der Waals surface area contributed by atoms with Crippen LogP contribution in [0.3, 0.4) is 0 Å². The third-order valence-corrected chi connectivity index (χ3v) is 4.20. The molecule has 1 aromatic rings. The zero-order valence-corrected chi connectivity index (χ0v) is 12.8. The van der Waals surface area contributed by atoms with Crippen molar-refractivity contribution < 1.29 is 13.2 Å². The number of sulfone groups is 1. The van der Waals surface area contributed by atoms with Gasteiger partial charge < -0.3 is 0 Å². The average molecular weight is 280 g/mol. The Morgan fingerprint density at radius 3 is 1.84 bits per heavy atom. The minimum atomic E-state index is -3.18. The molecule has 4 heteroatoms. The fourth-order valence-electron chi connectivity index (χ4n) is 2.21. The summed E-state index contributed by atoms with van der Waals surface area (Å²) < 4.78 is 22.8. The Balaban J connectivity index is 3.31. The van der Waals surface area contributed by atoms with Crippen molar-refractivity contribution in [1.82, 2.24) is 0 Å². The van der Waals surface area contributed by atoms with E-state index in [-0.39, 0.29) is 16.6 Å². The molecule has 0 heterocycles. The molecule has 0 bridgehead atoms. The lowest BCUT2D eigenvalue weighted by Crippen LogP contribution is -2.07. The fraction of sp³-hybridized carbons (Fsp3) is 0.400. The van der Waals surface area contributed by atoms with Crippen LogP contribution in [0.5, 0.6) is 0 Å². The summed E-state index contributed by atoms with van der Waals surface area (Å²) in [5.74, 6) is 0.201. The molecule has 0 unspecified atom stereocenters. The Bertz CT molecular complexity index is 605. The van der Waals surface area contributed by atoms with Gasteiger partial charge in [-0.05, 0) is 43.0 Å². The number of Topliss-reactive ketones (excluding diaryl/α,β-unsaturated/α-hetero) is 1. The SMILES string of the molecule is CC(=O)C(=C(C)c1ccc(S(C)(=O)=O)cc1)C(C)C.